The molecule has 0 bridgehead atoms. The van der Waals surface area contributed by atoms with E-state index in [4.69, 9.17) is 0 Å². The van der Waals surface area contributed by atoms with Crippen LogP contribution in [0.15, 0.2) is 12.1 Å². The van der Waals surface area contributed by atoms with Crippen molar-refractivity contribution in [3.8, 4) is 11.5 Å². The third-order valence-electron chi connectivity index (χ3n) is 2.12. The van der Waals surface area contributed by atoms with E-state index in [0.29, 0.717) is 5.56 Å². The fourth-order valence-electron chi connectivity index (χ4n) is 1.35. The van der Waals surface area contributed by atoms with Gasteiger partial charge in [0.1, 0.15) is 0 Å². The molecule has 0 aromatic heterocycles. The van der Waals surface area contributed by atoms with Crippen molar-refractivity contribution in [3.63, 3.8) is 0 Å². The highest BCUT2D eigenvalue weighted by Gasteiger charge is 2.28. The summed E-state index contributed by atoms with van der Waals surface area (Å²) in [5.74, 6) is -0.988. The van der Waals surface area contributed by atoms with E-state index in [2.05, 4.69) is 0 Å². The Morgan fingerprint density at radius 3 is 2.20 bits per heavy atom. The zero-order valence-corrected chi connectivity index (χ0v) is 8.81. The van der Waals surface area contributed by atoms with Gasteiger partial charge in [0.25, 0.3) is 0 Å². The molecule has 15 heavy (non-hydrogen) atoms. The van der Waals surface area contributed by atoms with Gasteiger partial charge in [0, 0.05) is 5.56 Å². The number of rotatable bonds is 1. The second kappa shape index (κ2) is 3.42. The Morgan fingerprint density at radius 1 is 1.27 bits per heavy atom. The molecule has 82 valence electrons. The van der Waals surface area contributed by atoms with E-state index < -0.39 is 27.5 Å². The second-order valence-electron chi connectivity index (χ2n) is 4.34. The molecule has 1 rings (SSSR count). The van der Waals surface area contributed by atoms with E-state index >= 15 is 0 Å². The highest BCUT2D eigenvalue weighted by Crippen LogP contribution is 2.42. The molecule has 0 heterocycles. The van der Waals surface area contributed by atoms with Crippen LogP contribution in [0.4, 0.5) is 5.69 Å². The summed E-state index contributed by atoms with van der Waals surface area (Å²) in [6, 6.07) is 2.70. The molecule has 0 aliphatic rings. The molecule has 0 radical (unpaired) electrons. The maximum absolute atomic E-state index is 10.6. The monoisotopic (exact) mass is 211 g/mol. The number of benzene rings is 1. The van der Waals surface area contributed by atoms with Crippen LogP contribution in [-0.2, 0) is 5.41 Å². The first kappa shape index (κ1) is 11.3. The molecule has 0 atom stereocenters. The van der Waals surface area contributed by atoms with Crippen molar-refractivity contribution < 1.29 is 15.1 Å². The summed E-state index contributed by atoms with van der Waals surface area (Å²) < 4.78 is 0. The topological polar surface area (TPSA) is 83.6 Å². The molecule has 1 aromatic carbocycles. The molecule has 5 nitrogen and oxygen atoms in total. The average Bonchev–Trinajstić information content (AvgIpc) is 2.00. The molecule has 0 saturated heterocycles. The van der Waals surface area contributed by atoms with Crippen molar-refractivity contribution in [1.29, 1.82) is 0 Å². The van der Waals surface area contributed by atoms with Crippen molar-refractivity contribution in [3.05, 3.63) is 27.8 Å². The number of hydrogen-bond acceptors (Lipinski definition) is 4. The summed E-state index contributed by atoms with van der Waals surface area (Å²) in [4.78, 5) is 9.82. The Labute approximate surface area is 87.1 Å². The number of phenols is 2. The zero-order chi connectivity index (χ0) is 11.8. The Kier molecular flexibility index (Phi) is 2.57. The third-order valence-corrected chi connectivity index (χ3v) is 2.12. The summed E-state index contributed by atoms with van der Waals surface area (Å²) >= 11 is 0. The first-order chi connectivity index (χ1) is 6.75. The lowest BCUT2D eigenvalue weighted by Crippen LogP contribution is -2.11. The number of nitrogens with zero attached hydrogens (tertiary/aromatic N) is 1. The largest absolute Gasteiger partial charge is 0.502 e. The van der Waals surface area contributed by atoms with Gasteiger partial charge in [-0.15, -0.1) is 0 Å². The third kappa shape index (κ3) is 2.01. The molecule has 0 fully saturated rings. The lowest BCUT2D eigenvalue weighted by atomic mass is 9.86. The van der Waals surface area contributed by atoms with Gasteiger partial charge in [-0.25, -0.2) is 0 Å². The standard InChI is InChI=1S/C10H13NO4/c1-10(2,3)6-4-5-7(12)8(9(6)13)11(14)15/h4-5,12-13H,1-3H3. The summed E-state index contributed by atoms with van der Waals surface area (Å²) in [6.45, 7) is 5.47. The number of nitro benzene ring substituents is 1. The van der Waals surface area contributed by atoms with Gasteiger partial charge in [0.05, 0.1) is 4.92 Å². The molecular weight excluding hydrogens is 198 g/mol. The van der Waals surface area contributed by atoms with Gasteiger partial charge in [-0.05, 0) is 11.5 Å². The summed E-state index contributed by atoms with van der Waals surface area (Å²) in [7, 11) is 0. The van der Waals surface area contributed by atoms with Crippen molar-refractivity contribution in [2.75, 3.05) is 0 Å². The quantitative estimate of drug-likeness (QED) is 0.551. The zero-order valence-electron chi connectivity index (χ0n) is 8.81. The fourth-order valence-corrected chi connectivity index (χ4v) is 1.35. The van der Waals surface area contributed by atoms with Crippen molar-refractivity contribution in [1.82, 2.24) is 0 Å². The fraction of sp³-hybridized carbons (Fsp3) is 0.400. The number of phenolic OH excluding ortho intramolecular Hbond substituents is 2. The van der Waals surface area contributed by atoms with Gasteiger partial charge in [-0.2, -0.15) is 0 Å². The molecule has 0 saturated carbocycles. The van der Waals surface area contributed by atoms with E-state index in [-0.39, 0.29) is 0 Å². The molecule has 0 amide bonds. The smallest absolute Gasteiger partial charge is 0.352 e. The lowest BCUT2D eigenvalue weighted by molar-refractivity contribution is -0.387. The SMILES string of the molecule is CC(C)(C)c1ccc(O)c([N+](=O)[O-])c1O. The molecule has 2 N–H and O–H groups in total. The predicted molar refractivity (Wildman–Crippen MR) is 55.1 cm³/mol. The first-order valence-corrected chi connectivity index (χ1v) is 4.45. The molecule has 0 aliphatic carbocycles. The predicted octanol–water partition coefficient (Wildman–Crippen LogP) is 2.30. The van der Waals surface area contributed by atoms with Crippen molar-refractivity contribution in [2.24, 2.45) is 0 Å². The molecule has 1 aromatic rings. The van der Waals surface area contributed by atoms with E-state index in [1.807, 2.05) is 20.8 Å². The summed E-state index contributed by atoms with van der Waals surface area (Å²) in [5, 5.41) is 29.5. The van der Waals surface area contributed by atoms with E-state index in [1.54, 1.807) is 0 Å². The van der Waals surface area contributed by atoms with Gasteiger partial charge in [0.2, 0.25) is 5.75 Å². The molecule has 0 aliphatic heterocycles. The van der Waals surface area contributed by atoms with Crippen LogP contribution in [0.3, 0.4) is 0 Å². The van der Waals surface area contributed by atoms with Crippen LogP contribution in [0.25, 0.3) is 0 Å². The van der Waals surface area contributed by atoms with Gasteiger partial charge >= 0.3 is 5.69 Å². The van der Waals surface area contributed by atoms with E-state index in [9.17, 15) is 20.3 Å². The first-order valence-electron chi connectivity index (χ1n) is 4.45. The minimum Gasteiger partial charge on any atom is -0.502 e. The van der Waals surface area contributed by atoms with E-state index in [0.717, 1.165) is 0 Å². The number of hydrogen-bond donors (Lipinski definition) is 2. The Bertz CT molecular complexity index is 407. The van der Waals surface area contributed by atoms with Gasteiger partial charge in [-0.3, -0.25) is 10.1 Å². The number of nitro groups is 1. The van der Waals surface area contributed by atoms with Crippen LogP contribution in [0.5, 0.6) is 11.5 Å². The van der Waals surface area contributed by atoms with Crippen LogP contribution < -0.4 is 0 Å². The molecule has 0 unspecified atom stereocenters. The minimum atomic E-state index is -0.792. The van der Waals surface area contributed by atoms with Gasteiger partial charge < -0.3 is 10.2 Å². The van der Waals surface area contributed by atoms with Gasteiger partial charge in [0.15, 0.2) is 5.75 Å². The minimum absolute atomic E-state index is 0.414. The Morgan fingerprint density at radius 2 is 1.80 bits per heavy atom. The maximum atomic E-state index is 10.6. The molecule has 0 spiro atoms. The van der Waals surface area contributed by atoms with Crippen LogP contribution in [0.1, 0.15) is 26.3 Å². The Balaban J connectivity index is 3.49. The maximum Gasteiger partial charge on any atom is 0.352 e. The average molecular weight is 211 g/mol. The molecule has 5 heteroatoms. The normalized spacial score (nSPS) is 11.4. The lowest BCUT2D eigenvalue weighted by Gasteiger charge is -2.20. The Hall–Kier alpha value is -1.78. The highest BCUT2D eigenvalue weighted by molar-refractivity contribution is 5.61. The summed E-state index contributed by atoms with van der Waals surface area (Å²) in [6.07, 6.45) is 0. The van der Waals surface area contributed by atoms with Crippen LogP contribution in [0, 0.1) is 10.1 Å². The van der Waals surface area contributed by atoms with Crippen LogP contribution >= 0.6 is 0 Å². The number of aromatic hydroxyl groups is 2. The van der Waals surface area contributed by atoms with Gasteiger partial charge in [-0.1, -0.05) is 26.8 Å². The highest BCUT2D eigenvalue weighted by atomic mass is 16.6. The van der Waals surface area contributed by atoms with Crippen molar-refractivity contribution >= 4 is 5.69 Å². The second-order valence-corrected chi connectivity index (χ2v) is 4.34. The molecular formula is C10H13NO4. The van der Waals surface area contributed by atoms with Crippen LogP contribution in [0.2, 0.25) is 0 Å². The summed E-state index contributed by atoms with van der Waals surface area (Å²) in [5.41, 5.74) is -0.614. The van der Waals surface area contributed by atoms with E-state index in [1.165, 1.54) is 12.1 Å². The van der Waals surface area contributed by atoms with Crippen LogP contribution in [-0.4, -0.2) is 15.1 Å². The van der Waals surface area contributed by atoms with Crippen molar-refractivity contribution in [2.45, 2.75) is 26.2 Å².